The van der Waals surface area contributed by atoms with Gasteiger partial charge < -0.3 is 15.7 Å². The number of anilines is 2. The van der Waals surface area contributed by atoms with E-state index in [2.05, 4.69) is 17.0 Å². The van der Waals surface area contributed by atoms with Gasteiger partial charge in [-0.05, 0) is 29.8 Å². The average molecular weight is 242 g/mol. The molecule has 94 valence electrons. The van der Waals surface area contributed by atoms with Gasteiger partial charge in [-0.25, -0.2) is 0 Å². The van der Waals surface area contributed by atoms with Crippen LogP contribution in [0.3, 0.4) is 0 Å². The minimum absolute atomic E-state index is 0.136. The molecule has 0 saturated heterocycles. The summed E-state index contributed by atoms with van der Waals surface area (Å²) in [4.78, 5) is 2.13. The third-order valence-corrected chi connectivity index (χ3v) is 2.84. The van der Waals surface area contributed by atoms with Crippen molar-refractivity contribution in [3.8, 4) is 0 Å². The van der Waals surface area contributed by atoms with Crippen LogP contribution in [0.2, 0.25) is 0 Å². The van der Waals surface area contributed by atoms with Gasteiger partial charge in [0.15, 0.2) is 0 Å². The summed E-state index contributed by atoms with van der Waals surface area (Å²) in [5, 5.41) is 9.16. The smallest absolute Gasteiger partial charge is 0.0606 e. The van der Waals surface area contributed by atoms with Crippen LogP contribution in [0, 0.1) is 0 Å². The SMILES string of the molecule is Nc1ccc(N(CCO)Cc2ccccc2)cc1. The molecular weight excluding hydrogens is 224 g/mol. The Labute approximate surface area is 107 Å². The lowest BCUT2D eigenvalue weighted by atomic mass is 10.2. The van der Waals surface area contributed by atoms with Gasteiger partial charge in [0.1, 0.15) is 0 Å². The monoisotopic (exact) mass is 242 g/mol. The molecular formula is C15H18N2O. The molecule has 3 heteroatoms. The van der Waals surface area contributed by atoms with Crippen molar-refractivity contribution in [2.24, 2.45) is 0 Å². The molecule has 0 aliphatic rings. The van der Waals surface area contributed by atoms with Crippen LogP contribution in [0.1, 0.15) is 5.56 Å². The second-order valence-electron chi connectivity index (χ2n) is 4.22. The van der Waals surface area contributed by atoms with Crippen LogP contribution in [0.5, 0.6) is 0 Å². The van der Waals surface area contributed by atoms with Crippen molar-refractivity contribution < 1.29 is 5.11 Å². The summed E-state index contributed by atoms with van der Waals surface area (Å²) < 4.78 is 0. The molecule has 0 amide bonds. The van der Waals surface area contributed by atoms with Gasteiger partial charge in [0.2, 0.25) is 0 Å². The average Bonchev–Trinajstić information content (AvgIpc) is 2.40. The number of aliphatic hydroxyl groups is 1. The maximum Gasteiger partial charge on any atom is 0.0606 e. The molecule has 0 saturated carbocycles. The lowest BCUT2D eigenvalue weighted by molar-refractivity contribution is 0.301. The second-order valence-corrected chi connectivity index (χ2v) is 4.22. The summed E-state index contributed by atoms with van der Waals surface area (Å²) >= 11 is 0. The molecule has 0 bridgehead atoms. The second kappa shape index (κ2) is 6.07. The van der Waals surface area contributed by atoms with E-state index in [4.69, 9.17) is 10.8 Å². The molecule has 0 radical (unpaired) electrons. The third kappa shape index (κ3) is 3.25. The normalized spacial score (nSPS) is 10.3. The van der Waals surface area contributed by atoms with Gasteiger partial charge in [-0.2, -0.15) is 0 Å². The maximum atomic E-state index is 9.16. The summed E-state index contributed by atoms with van der Waals surface area (Å²) in [5.74, 6) is 0. The Morgan fingerprint density at radius 3 is 2.22 bits per heavy atom. The fraction of sp³-hybridized carbons (Fsp3) is 0.200. The minimum atomic E-state index is 0.136. The molecule has 0 aliphatic heterocycles. The van der Waals surface area contributed by atoms with Crippen LogP contribution in [-0.4, -0.2) is 18.3 Å². The predicted octanol–water partition coefficient (Wildman–Crippen LogP) is 2.27. The number of nitrogen functional groups attached to an aromatic ring is 1. The van der Waals surface area contributed by atoms with Crippen molar-refractivity contribution in [2.45, 2.75) is 6.54 Å². The van der Waals surface area contributed by atoms with Gasteiger partial charge in [-0.15, -0.1) is 0 Å². The van der Waals surface area contributed by atoms with Gasteiger partial charge >= 0.3 is 0 Å². The molecule has 0 spiro atoms. The van der Waals surface area contributed by atoms with E-state index in [1.807, 2.05) is 42.5 Å². The number of benzene rings is 2. The fourth-order valence-electron chi connectivity index (χ4n) is 1.91. The van der Waals surface area contributed by atoms with E-state index in [1.54, 1.807) is 0 Å². The number of nitrogens with zero attached hydrogens (tertiary/aromatic N) is 1. The van der Waals surface area contributed by atoms with E-state index >= 15 is 0 Å². The van der Waals surface area contributed by atoms with Crippen molar-refractivity contribution in [3.63, 3.8) is 0 Å². The zero-order valence-corrected chi connectivity index (χ0v) is 10.3. The van der Waals surface area contributed by atoms with Crippen molar-refractivity contribution in [1.29, 1.82) is 0 Å². The number of nitrogens with two attached hydrogens (primary N) is 1. The Hall–Kier alpha value is -2.00. The molecule has 0 fully saturated rings. The molecule has 0 unspecified atom stereocenters. The largest absolute Gasteiger partial charge is 0.399 e. The Bertz CT molecular complexity index is 468. The predicted molar refractivity (Wildman–Crippen MR) is 75.4 cm³/mol. The number of aliphatic hydroxyl groups excluding tert-OH is 1. The van der Waals surface area contributed by atoms with Crippen molar-refractivity contribution in [2.75, 3.05) is 23.8 Å². The van der Waals surface area contributed by atoms with Crippen LogP contribution < -0.4 is 10.6 Å². The first-order valence-corrected chi connectivity index (χ1v) is 6.05. The molecule has 0 heterocycles. The van der Waals surface area contributed by atoms with Crippen LogP contribution in [0.25, 0.3) is 0 Å². The first-order chi connectivity index (χ1) is 8.79. The molecule has 2 rings (SSSR count). The first-order valence-electron chi connectivity index (χ1n) is 6.05. The van der Waals surface area contributed by atoms with Gasteiger partial charge in [0.25, 0.3) is 0 Å². The maximum absolute atomic E-state index is 9.16. The summed E-state index contributed by atoms with van der Waals surface area (Å²) in [7, 11) is 0. The van der Waals surface area contributed by atoms with Gasteiger partial charge in [0.05, 0.1) is 6.61 Å². The number of hydrogen-bond acceptors (Lipinski definition) is 3. The van der Waals surface area contributed by atoms with Crippen molar-refractivity contribution >= 4 is 11.4 Å². The first kappa shape index (κ1) is 12.5. The zero-order valence-electron chi connectivity index (χ0n) is 10.3. The van der Waals surface area contributed by atoms with E-state index in [9.17, 15) is 0 Å². The fourth-order valence-corrected chi connectivity index (χ4v) is 1.91. The zero-order chi connectivity index (χ0) is 12.8. The Morgan fingerprint density at radius 1 is 0.944 bits per heavy atom. The van der Waals surface area contributed by atoms with Gasteiger partial charge in [-0.1, -0.05) is 30.3 Å². The summed E-state index contributed by atoms with van der Waals surface area (Å²) in [6, 6.07) is 17.9. The summed E-state index contributed by atoms with van der Waals surface area (Å²) in [6.45, 7) is 1.53. The van der Waals surface area contributed by atoms with E-state index in [-0.39, 0.29) is 6.61 Å². The van der Waals surface area contributed by atoms with E-state index < -0.39 is 0 Å². The molecule has 0 atom stereocenters. The Balaban J connectivity index is 2.15. The van der Waals surface area contributed by atoms with E-state index in [1.165, 1.54) is 5.56 Å². The van der Waals surface area contributed by atoms with Crippen LogP contribution in [0.15, 0.2) is 54.6 Å². The highest BCUT2D eigenvalue weighted by molar-refractivity contribution is 5.53. The molecule has 2 aromatic carbocycles. The van der Waals surface area contributed by atoms with Gasteiger partial charge in [-0.3, -0.25) is 0 Å². The number of rotatable bonds is 5. The summed E-state index contributed by atoms with van der Waals surface area (Å²) in [6.07, 6.45) is 0. The molecule has 2 aromatic rings. The van der Waals surface area contributed by atoms with Crippen LogP contribution in [0.4, 0.5) is 11.4 Å². The molecule has 0 aromatic heterocycles. The van der Waals surface area contributed by atoms with Crippen LogP contribution in [-0.2, 0) is 6.54 Å². The number of hydrogen-bond donors (Lipinski definition) is 2. The molecule has 3 N–H and O–H groups in total. The Kier molecular flexibility index (Phi) is 4.20. The highest BCUT2D eigenvalue weighted by atomic mass is 16.3. The summed E-state index contributed by atoms with van der Waals surface area (Å²) in [5.41, 5.74) is 8.73. The third-order valence-electron chi connectivity index (χ3n) is 2.84. The topological polar surface area (TPSA) is 49.5 Å². The van der Waals surface area contributed by atoms with Crippen molar-refractivity contribution in [3.05, 3.63) is 60.2 Å². The minimum Gasteiger partial charge on any atom is -0.399 e. The lowest BCUT2D eigenvalue weighted by Crippen LogP contribution is -2.25. The van der Waals surface area contributed by atoms with E-state index in [0.29, 0.717) is 6.54 Å². The standard InChI is InChI=1S/C15H18N2O/c16-14-6-8-15(9-7-14)17(10-11-18)12-13-4-2-1-3-5-13/h1-9,18H,10-12,16H2. The molecule has 3 nitrogen and oxygen atoms in total. The highest BCUT2D eigenvalue weighted by Gasteiger charge is 2.06. The van der Waals surface area contributed by atoms with E-state index in [0.717, 1.165) is 17.9 Å². The van der Waals surface area contributed by atoms with Gasteiger partial charge in [0, 0.05) is 24.5 Å². The highest BCUT2D eigenvalue weighted by Crippen LogP contribution is 2.18. The quantitative estimate of drug-likeness (QED) is 0.791. The lowest BCUT2D eigenvalue weighted by Gasteiger charge is -2.24. The van der Waals surface area contributed by atoms with Crippen LogP contribution >= 0.6 is 0 Å². The molecule has 0 aliphatic carbocycles. The molecule has 18 heavy (non-hydrogen) atoms. The Morgan fingerprint density at radius 2 is 1.61 bits per heavy atom. The van der Waals surface area contributed by atoms with Crippen molar-refractivity contribution in [1.82, 2.24) is 0 Å².